The molecule has 0 heterocycles. The lowest BCUT2D eigenvalue weighted by molar-refractivity contribution is -0.184. The van der Waals surface area contributed by atoms with Crippen LogP contribution in [0.15, 0.2) is 0 Å². The van der Waals surface area contributed by atoms with Gasteiger partial charge in [-0.1, -0.05) is 6.92 Å². The quantitative estimate of drug-likeness (QED) is 0.0378. The van der Waals surface area contributed by atoms with Crippen LogP contribution in [-0.2, 0) is 98.5 Å². The van der Waals surface area contributed by atoms with E-state index >= 15 is 0 Å². The molecule has 1 rings (SSSR count). The molecule has 4 unspecified atom stereocenters. The monoisotopic (exact) mass is 884 g/mol. The number of hydrogen-bond donors (Lipinski definition) is 8. The van der Waals surface area contributed by atoms with Gasteiger partial charge in [0.2, 0.25) is 0 Å². The van der Waals surface area contributed by atoms with Crippen molar-refractivity contribution in [1.29, 1.82) is 0 Å². The maximum absolute atomic E-state index is 9.49. The van der Waals surface area contributed by atoms with Crippen molar-refractivity contribution < 1.29 is 92.4 Å². The fraction of sp³-hybridized carbons (Fsp3) is 1.00. The maximum Gasteiger partial charge on any atom is 0.147 e. The van der Waals surface area contributed by atoms with Crippen LogP contribution in [0, 0.1) is 5.92 Å². The lowest BCUT2D eigenvalue weighted by Gasteiger charge is -2.46. The molecule has 1 saturated carbocycles. The van der Waals surface area contributed by atoms with E-state index in [1.54, 1.807) is 14.0 Å². The molecule has 0 bridgehead atoms. The van der Waals surface area contributed by atoms with Crippen LogP contribution in [0.4, 0.5) is 0 Å². The van der Waals surface area contributed by atoms with Crippen LogP contribution >= 0.6 is 30.3 Å². The third-order valence-electron chi connectivity index (χ3n) is 6.09. The molecule has 0 amide bonds. The normalized spacial score (nSPS) is 23.2. The second-order valence-electron chi connectivity index (χ2n) is 9.42. The van der Waals surface area contributed by atoms with Crippen LogP contribution in [0.1, 0.15) is 6.92 Å². The van der Waals surface area contributed by atoms with Crippen LogP contribution in [0.25, 0.3) is 0 Å². The first-order valence-corrected chi connectivity index (χ1v) is 24.9. The van der Waals surface area contributed by atoms with Crippen LogP contribution in [0.2, 0.25) is 0 Å². The fourth-order valence-corrected chi connectivity index (χ4v) is 7.95. The Hall–Kier alpha value is 1.80. The third-order valence-corrected chi connectivity index (χ3v) is 10.6. The van der Waals surface area contributed by atoms with Crippen LogP contribution < -0.4 is 0 Å². The SMILES string of the molecule is COCCOCCOCCOCCOCCOCCOCCOC1C(OP=S(O)O)[C@H](OP=S(O)O)C(C)C(OP=S(O)O)[C@@H]1OP=S(O)O. The standard InChI is InChI=1S/C22H48O20P4S4/c1-17-18(39-43-47(23)24)21(41-45-49(27)28)20(22(42-46-50(29)30)19(17)40-44-48(25)26)38-16-15-37-14-13-36-12-11-35-10-9-34-8-7-33-6-5-32-4-3-31-2/h17-30H,3-16H2,1-2H3/t17?,18-,19?,20?,21?,22+/m1/s1. The molecule has 6 atom stereocenters. The Balaban J connectivity index is 2.54. The van der Waals surface area contributed by atoms with Crippen molar-refractivity contribution >= 4 is 72.9 Å². The van der Waals surface area contributed by atoms with Gasteiger partial charge in [-0.15, -0.1) is 0 Å². The van der Waals surface area contributed by atoms with E-state index in [1.807, 2.05) is 0 Å². The molecule has 8 N–H and O–H groups in total. The lowest BCUT2D eigenvalue weighted by atomic mass is 9.79. The average molecular weight is 885 g/mol. The molecule has 0 aliphatic heterocycles. The van der Waals surface area contributed by atoms with Crippen molar-refractivity contribution in [2.75, 3.05) is 99.6 Å². The summed E-state index contributed by atoms with van der Waals surface area (Å²) in [6.07, 6.45) is -5.45. The predicted octanol–water partition coefficient (Wildman–Crippen LogP) is 3.67. The first-order valence-electron chi connectivity index (χ1n) is 14.6. The van der Waals surface area contributed by atoms with Gasteiger partial charge in [0.05, 0.1) is 92.5 Å². The zero-order valence-corrected chi connectivity index (χ0v) is 34.1. The van der Waals surface area contributed by atoms with Gasteiger partial charge >= 0.3 is 0 Å². The highest BCUT2D eigenvalue weighted by atomic mass is 32.5. The van der Waals surface area contributed by atoms with Gasteiger partial charge in [-0.2, -0.15) is 0 Å². The van der Waals surface area contributed by atoms with E-state index in [4.69, 9.17) is 56.0 Å². The molecule has 0 aromatic heterocycles. The van der Waals surface area contributed by atoms with Crippen LogP contribution in [-0.4, -0.2) is 167 Å². The molecule has 0 spiro atoms. The van der Waals surface area contributed by atoms with E-state index in [1.165, 1.54) is 0 Å². The minimum atomic E-state index is -2.17. The van der Waals surface area contributed by atoms with Crippen molar-refractivity contribution in [3.8, 4) is 0 Å². The summed E-state index contributed by atoms with van der Waals surface area (Å²) in [7, 11) is -8.07. The molecule has 1 aliphatic rings. The maximum atomic E-state index is 9.49. The van der Waals surface area contributed by atoms with Gasteiger partial charge in [0.25, 0.3) is 0 Å². The van der Waals surface area contributed by atoms with Gasteiger partial charge in [-0.05, 0) is 0 Å². The van der Waals surface area contributed by atoms with Crippen LogP contribution in [0.3, 0.4) is 0 Å². The largest absolute Gasteiger partial charge is 0.382 e. The summed E-state index contributed by atoms with van der Waals surface area (Å²) in [6.45, 7) is 6.62. The average Bonchev–Trinajstić information content (AvgIpc) is 3.06. The van der Waals surface area contributed by atoms with E-state index in [2.05, 4.69) is 0 Å². The Kier molecular flexibility index (Phi) is 32.9. The van der Waals surface area contributed by atoms with E-state index in [-0.39, 0.29) is 56.8 Å². The third kappa shape index (κ3) is 25.1. The second-order valence-corrected chi connectivity index (χ2v) is 18.5. The summed E-state index contributed by atoms with van der Waals surface area (Å²) in [5.74, 6) is -0.715. The Morgan fingerprint density at radius 1 is 0.380 bits per heavy atom. The van der Waals surface area contributed by atoms with Crippen LogP contribution in [0.5, 0.6) is 0 Å². The molecule has 0 aromatic rings. The molecule has 50 heavy (non-hydrogen) atoms. The smallest absolute Gasteiger partial charge is 0.147 e. The van der Waals surface area contributed by atoms with Gasteiger partial charge in [-0.25, -0.2) is 0 Å². The second kappa shape index (κ2) is 33.0. The number of rotatable bonds is 30. The van der Waals surface area contributed by atoms with Gasteiger partial charge < -0.3 is 92.4 Å². The Labute approximate surface area is 307 Å². The van der Waals surface area contributed by atoms with E-state index in [0.717, 1.165) is 0 Å². The van der Waals surface area contributed by atoms with Gasteiger partial charge in [0.1, 0.15) is 103 Å². The topological polar surface area (TPSA) is 273 Å². The van der Waals surface area contributed by atoms with E-state index < -0.39 is 79.0 Å². The van der Waals surface area contributed by atoms with Crippen molar-refractivity contribution in [1.82, 2.24) is 0 Å². The summed E-state index contributed by atoms with van der Waals surface area (Å²) < 4.78 is 142. The summed E-state index contributed by atoms with van der Waals surface area (Å²) in [4.78, 5) is 0. The molecule has 20 nitrogen and oxygen atoms in total. The highest BCUT2D eigenvalue weighted by Gasteiger charge is 2.53. The molecule has 28 heteroatoms. The van der Waals surface area contributed by atoms with Gasteiger partial charge in [-0.3, -0.25) is 0 Å². The first kappa shape index (κ1) is 49.8. The molecular weight excluding hydrogens is 836 g/mol. The van der Waals surface area contributed by atoms with Crippen molar-refractivity contribution in [2.24, 2.45) is 5.92 Å². The number of hydrogen-bond acceptors (Lipinski definition) is 12. The Bertz CT molecular complexity index is 939. The molecule has 1 aliphatic carbocycles. The van der Waals surface area contributed by atoms with E-state index in [0.29, 0.717) is 66.1 Å². The number of methoxy groups -OCH3 is 1. The van der Waals surface area contributed by atoms with E-state index in [9.17, 15) is 36.4 Å². The summed E-state index contributed by atoms with van der Waals surface area (Å²) >= 11 is 0. The summed E-state index contributed by atoms with van der Waals surface area (Å²) in [5.41, 5.74) is 0. The summed E-state index contributed by atoms with van der Waals surface area (Å²) in [5, 5.41) is 0. The highest BCUT2D eigenvalue weighted by molar-refractivity contribution is 8.13. The van der Waals surface area contributed by atoms with Gasteiger partial charge in [0.15, 0.2) is 0 Å². The minimum absolute atomic E-state index is 0.0552. The fourth-order valence-electron chi connectivity index (χ4n) is 4.03. The molecule has 0 saturated heterocycles. The van der Waals surface area contributed by atoms with Crippen molar-refractivity contribution in [3.63, 3.8) is 0 Å². The molecular formula is C22H48O20P4S4. The zero-order valence-electron chi connectivity index (χ0n) is 27.3. The lowest BCUT2D eigenvalue weighted by Crippen LogP contribution is -2.62. The number of ether oxygens (including phenoxy) is 8. The predicted molar refractivity (Wildman–Crippen MR) is 193 cm³/mol. The molecule has 0 radical (unpaired) electrons. The Morgan fingerprint density at radius 2 is 0.640 bits per heavy atom. The minimum Gasteiger partial charge on any atom is -0.382 e. The van der Waals surface area contributed by atoms with Crippen molar-refractivity contribution in [3.05, 3.63) is 0 Å². The highest BCUT2D eigenvalue weighted by Crippen LogP contribution is 2.41. The molecule has 1 fully saturated rings. The Morgan fingerprint density at radius 3 is 0.920 bits per heavy atom. The first-order chi connectivity index (χ1) is 24.1. The van der Waals surface area contributed by atoms with Crippen molar-refractivity contribution in [2.45, 2.75) is 37.4 Å². The van der Waals surface area contributed by atoms with Gasteiger partial charge in [0, 0.05) is 13.0 Å². The molecule has 300 valence electrons. The zero-order chi connectivity index (χ0) is 37.0. The summed E-state index contributed by atoms with van der Waals surface area (Å²) in [6, 6.07) is 0. The molecule has 0 aromatic carbocycles.